The van der Waals surface area contributed by atoms with Crippen LogP contribution in [0.15, 0.2) is 6.33 Å². The van der Waals surface area contributed by atoms with Gasteiger partial charge >= 0.3 is 0 Å². The maximum Gasteiger partial charge on any atom is 0.235 e. The van der Waals surface area contributed by atoms with E-state index < -0.39 is 16.0 Å². The van der Waals surface area contributed by atoms with Crippen LogP contribution in [0.1, 0.15) is 19.6 Å². The molecule has 138 valence electrons. The number of nitrogen functional groups attached to an aromatic ring is 1. The summed E-state index contributed by atoms with van der Waals surface area (Å²) in [4.78, 5) is 12.7. The number of alkyl halides is 1. The number of nitrogens with two attached hydrogens (primary N) is 1. The molecule has 1 unspecified atom stereocenters. The van der Waals surface area contributed by atoms with Crippen LogP contribution in [-0.2, 0) is 21.1 Å². The Morgan fingerprint density at radius 1 is 1.64 bits per heavy atom. The van der Waals surface area contributed by atoms with Gasteiger partial charge in [-0.1, -0.05) is 18.7 Å². The first-order chi connectivity index (χ1) is 11.6. The predicted octanol–water partition coefficient (Wildman–Crippen LogP) is 3.06. The molecule has 0 radical (unpaired) electrons. The molecule has 0 aliphatic carbocycles. The molecule has 2 aromatic heterocycles. The van der Waals surface area contributed by atoms with Crippen molar-refractivity contribution in [3.05, 3.63) is 6.33 Å². The van der Waals surface area contributed by atoms with Crippen molar-refractivity contribution in [2.75, 3.05) is 31.4 Å². The van der Waals surface area contributed by atoms with Gasteiger partial charge in [0.15, 0.2) is 17.0 Å². The maximum atomic E-state index is 15.1. The molecule has 3 N–H and O–H groups in total. The van der Waals surface area contributed by atoms with Crippen molar-refractivity contribution in [3.63, 3.8) is 0 Å². The Morgan fingerprint density at radius 2 is 2.36 bits per heavy atom. The molecule has 25 heavy (non-hydrogen) atoms. The average molecular weight is 500 g/mol. The highest BCUT2D eigenvalue weighted by molar-refractivity contribution is 14.2. The van der Waals surface area contributed by atoms with E-state index in [-0.39, 0.29) is 24.9 Å². The summed E-state index contributed by atoms with van der Waals surface area (Å²) in [5.41, 5.74) is 6.81. The van der Waals surface area contributed by atoms with Crippen LogP contribution in [0.25, 0.3) is 11.2 Å². The molecular formula is C13H19FIN6O2PS. The Labute approximate surface area is 162 Å². The van der Waals surface area contributed by atoms with E-state index in [1.807, 2.05) is 29.0 Å². The SMILES string of the molecule is CNc1nc(N)nc2c1ncn2[C@@H]1O[C@](F)(COP(C)(=S)I)C[C@@H]1C. The fourth-order valence-corrected chi connectivity index (χ4v) is 3.89. The third-order valence-electron chi connectivity index (χ3n) is 3.91. The van der Waals surface area contributed by atoms with Gasteiger partial charge in [-0.05, 0) is 28.7 Å². The quantitative estimate of drug-likeness (QED) is 0.478. The van der Waals surface area contributed by atoms with Crippen LogP contribution in [0.5, 0.6) is 0 Å². The number of halogens is 2. The highest BCUT2D eigenvalue weighted by Crippen LogP contribution is 2.54. The van der Waals surface area contributed by atoms with Gasteiger partial charge in [0.05, 0.1) is 6.33 Å². The number of imidazole rings is 1. The molecule has 0 amide bonds. The minimum atomic E-state index is -2.00. The molecule has 0 spiro atoms. The lowest BCUT2D eigenvalue weighted by Gasteiger charge is -2.22. The minimum absolute atomic E-state index is 0.107. The molecule has 3 rings (SSSR count). The topological polar surface area (TPSA) is 100 Å². The highest BCUT2D eigenvalue weighted by atomic mass is 127. The lowest BCUT2D eigenvalue weighted by atomic mass is 10.1. The van der Waals surface area contributed by atoms with Crippen molar-refractivity contribution >= 4 is 60.7 Å². The second kappa shape index (κ2) is 6.84. The zero-order valence-electron chi connectivity index (χ0n) is 13.9. The minimum Gasteiger partial charge on any atom is -0.371 e. The summed E-state index contributed by atoms with van der Waals surface area (Å²) in [6.45, 7) is 3.52. The highest BCUT2D eigenvalue weighted by Gasteiger charge is 2.47. The van der Waals surface area contributed by atoms with Gasteiger partial charge in [-0.25, -0.2) is 9.37 Å². The smallest absolute Gasteiger partial charge is 0.235 e. The molecule has 2 aromatic rings. The number of anilines is 2. The second-order valence-electron chi connectivity index (χ2n) is 6.10. The zero-order valence-corrected chi connectivity index (χ0v) is 17.8. The van der Waals surface area contributed by atoms with Gasteiger partial charge in [0.1, 0.15) is 16.7 Å². The van der Waals surface area contributed by atoms with E-state index >= 15 is 4.39 Å². The lowest BCUT2D eigenvalue weighted by Crippen LogP contribution is -2.28. The normalized spacial score (nSPS) is 29.0. The standard InChI is InChI=1S/C13H19FIN6O2PS/c1-7-4-13(14,5-22-24(3,15)25)23-11(7)21-6-18-8-9(17-2)19-12(16)20-10(8)21/h6-7,11H,4-5H2,1-3H3,(H3,16,17,19,20)/t7-,11+,13-,24?/m0/s1. The number of fused-ring (bicyclic) bond motifs is 1. The van der Waals surface area contributed by atoms with Crippen LogP contribution < -0.4 is 11.1 Å². The summed E-state index contributed by atoms with van der Waals surface area (Å²) in [5, 5.41) is 2.93. The average Bonchev–Trinajstić information content (AvgIpc) is 3.05. The van der Waals surface area contributed by atoms with Crippen LogP contribution in [0.4, 0.5) is 16.2 Å². The van der Waals surface area contributed by atoms with E-state index in [2.05, 4.69) is 20.3 Å². The molecule has 1 aliphatic heterocycles. The van der Waals surface area contributed by atoms with Crippen LogP contribution in [0, 0.1) is 5.92 Å². The molecule has 0 bridgehead atoms. The Morgan fingerprint density at radius 3 is 3.00 bits per heavy atom. The van der Waals surface area contributed by atoms with Gasteiger partial charge in [-0.2, -0.15) is 9.97 Å². The van der Waals surface area contributed by atoms with E-state index in [1.165, 1.54) is 0 Å². The molecule has 1 aliphatic rings. The number of nitrogens with zero attached hydrogens (tertiary/aromatic N) is 4. The monoisotopic (exact) mass is 500 g/mol. The first-order valence-corrected chi connectivity index (χ1v) is 13.5. The summed E-state index contributed by atoms with van der Waals surface area (Å²) in [6, 6.07) is 0. The van der Waals surface area contributed by atoms with E-state index in [0.29, 0.717) is 17.0 Å². The fourth-order valence-electron chi connectivity index (χ4n) is 2.89. The number of rotatable bonds is 5. The van der Waals surface area contributed by atoms with Gasteiger partial charge < -0.3 is 20.3 Å². The van der Waals surface area contributed by atoms with Crippen molar-refractivity contribution in [3.8, 4) is 0 Å². The summed E-state index contributed by atoms with van der Waals surface area (Å²) in [6.07, 6.45) is 1.19. The molecule has 1 fully saturated rings. The van der Waals surface area contributed by atoms with Crippen molar-refractivity contribution in [1.82, 2.24) is 19.5 Å². The Hall–Kier alpha value is -0.620. The summed E-state index contributed by atoms with van der Waals surface area (Å²) < 4.78 is 26.0. The number of ether oxygens (including phenoxy) is 1. The molecule has 4 atom stereocenters. The van der Waals surface area contributed by atoms with Gasteiger partial charge in [-0.3, -0.25) is 4.57 Å². The Bertz CT molecular complexity index is 847. The Balaban J connectivity index is 1.91. The van der Waals surface area contributed by atoms with E-state index in [4.69, 9.17) is 26.8 Å². The fraction of sp³-hybridized carbons (Fsp3) is 0.615. The molecule has 12 heteroatoms. The second-order valence-corrected chi connectivity index (χ2v) is 17.4. The van der Waals surface area contributed by atoms with Crippen LogP contribution in [0.2, 0.25) is 0 Å². The van der Waals surface area contributed by atoms with Gasteiger partial charge in [0, 0.05) is 19.4 Å². The van der Waals surface area contributed by atoms with E-state index in [1.54, 1.807) is 24.6 Å². The maximum absolute atomic E-state index is 15.1. The number of hydrogen-bond donors (Lipinski definition) is 2. The van der Waals surface area contributed by atoms with E-state index in [0.717, 1.165) is 0 Å². The molecule has 1 saturated heterocycles. The van der Waals surface area contributed by atoms with Gasteiger partial charge in [0.25, 0.3) is 0 Å². The van der Waals surface area contributed by atoms with Crippen LogP contribution >= 0.6 is 25.9 Å². The van der Waals surface area contributed by atoms with E-state index in [9.17, 15) is 0 Å². The molecular weight excluding hydrogens is 481 g/mol. The van der Waals surface area contributed by atoms with Crippen LogP contribution in [0.3, 0.4) is 0 Å². The Kier molecular flexibility index (Phi) is 5.24. The summed E-state index contributed by atoms with van der Waals surface area (Å²) >= 11 is 7.26. The molecule has 3 heterocycles. The first-order valence-electron chi connectivity index (χ1n) is 7.58. The van der Waals surface area contributed by atoms with Crippen molar-refractivity contribution in [2.24, 2.45) is 5.92 Å². The van der Waals surface area contributed by atoms with Crippen molar-refractivity contribution in [1.29, 1.82) is 0 Å². The zero-order chi connectivity index (χ0) is 18.4. The first kappa shape index (κ1) is 19.2. The predicted molar refractivity (Wildman–Crippen MR) is 107 cm³/mol. The molecule has 0 saturated carbocycles. The summed E-state index contributed by atoms with van der Waals surface area (Å²) in [5.74, 6) is -1.38. The van der Waals surface area contributed by atoms with Crippen molar-refractivity contribution in [2.45, 2.75) is 25.4 Å². The van der Waals surface area contributed by atoms with Crippen LogP contribution in [-0.4, -0.2) is 45.7 Å². The third kappa shape index (κ3) is 4.05. The number of hydrogen-bond acceptors (Lipinski definition) is 8. The largest absolute Gasteiger partial charge is 0.371 e. The van der Waals surface area contributed by atoms with Crippen molar-refractivity contribution < 1.29 is 13.7 Å². The number of nitrogens with one attached hydrogen (secondary N) is 1. The summed E-state index contributed by atoms with van der Waals surface area (Å²) in [7, 11) is 1.72. The lowest BCUT2D eigenvalue weighted by molar-refractivity contribution is -0.171. The third-order valence-corrected chi connectivity index (χ3v) is 5.65. The van der Waals surface area contributed by atoms with Gasteiger partial charge in [-0.15, -0.1) is 0 Å². The van der Waals surface area contributed by atoms with Gasteiger partial charge in [0.2, 0.25) is 11.8 Å². The number of aromatic nitrogens is 4. The molecule has 0 aromatic carbocycles. The molecule has 8 nitrogen and oxygen atoms in total.